The Hall–Kier alpha value is -3.39. The molecule has 1 amide bonds. The molecule has 1 N–H and O–H groups in total. The van der Waals surface area contributed by atoms with Crippen LogP contribution in [0.2, 0.25) is 0 Å². The molecule has 3 aromatic rings. The van der Waals surface area contributed by atoms with Gasteiger partial charge in [-0.1, -0.05) is 31.5 Å². The van der Waals surface area contributed by atoms with Crippen LogP contribution in [0.1, 0.15) is 89.3 Å². The smallest absolute Gasteiger partial charge is 0.254 e. The van der Waals surface area contributed by atoms with Crippen LogP contribution in [-0.2, 0) is 6.42 Å². The molecule has 0 radical (unpaired) electrons. The third kappa shape index (κ3) is 4.25. The second kappa shape index (κ2) is 9.46. The number of aromatic nitrogens is 2. The molecule has 0 bridgehead atoms. The van der Waals surface area contributed by atoms with Crippen molar-refractivity contribution in [3.05, 3.63) is 76.2 Å². The minimum Gasteiger partial charge on any atom is -0.342 e. The Labute approximate surface area is 201 Å². The van der Waals surface area contributed by atoms with Crippen LogP contribution in [0.15, 0.2) is 42.6 Å². The highest BCUT2D eigenvalue weighted by Crippen LogP contribution is 2.42. The molecule has 1 aliphatic carbocycles. The summed E-state index contributed by atoms with van der Waals surface area (Å²) >= 11 is 0. The van der Waals surface area contributed by atoms with Gasteiger partial charge in [-0.25, -0.2) is 4.98 Å². The summed E-state index contributed by atoms with van der Waals surface area (Å²) in [5.74, 6) is 2.13. The highest BCUT2D eigenvalue weighted by Gasteiger charge is 2.29. The first-order chi connectivity index (χ1) is 16.6. The number of hydrogen-bond donors (Lipinski definition) is 1. The number of carbonyl (C=O) groups is 1. The van der Waals surface area contributed by atoms with E-state index < -0.39 is 0 Å². The van der Waals surface area contributed by atoms with Crippen LogP contribution in [0.3, 0.4) is 0 Å². The van der Waals surface area contributed by atoms with E-state index >= 15 is 0 Å². The summed E-state index contributed by atoms with van der Waals surface area (Å²) < 4.78 is 0. The predicted octanol–water partition coefficient (Wildman–Crippen LogP) is 6.11. The van der Waals surface area contributed by atoms with Gasteiger partial charge in [0.05, 0.1) is 23.5 Å². The average molecular weight is 453 g/mol. The van der Waals surface area contributed by atoms with E-state index in [4.69, 9.17) is 5.26 Å². The molecule has 5 rings (SSSR count). The summed E-state index contributed by atoms with van der Waals surface area (Å²) in [6.45, 7) is 5.69. The number of nitrogens with one attached hydrogen (secondary N) is 1. The van der Waals surface area contributed by atoms with Crippen LogP contribution in [0, 0.1) is 18.3 Å². The lowest BCUT2D eigenvalue weighted by molar-refractivity contribution is 0.0712. The van der Waals surface area contributed by atoms with Gasteiger partial charge in [0.2, 0.25) is 0 Å². The number of nitrogens with zero attached hydrogens (tertiary/aromatic N) is 3. The molecule has 2 fully saturated rings. The lowest BCUT2D eigenvalue weighted by Gasteiger charge is -2.33. The molecule has 2 aromatic carbocycles. The Balaban J connectivity index is 1.37. The number of hydrogen-bond acceptors (Lipinski definition) is 3. The molecule has 2 aliphatic rings. The van der Waals surface area contributed by atoms with E-state index in [1.165, 1.54) is 30.4 Å². The highest BCUT2D eigenvalue weighted by atomic mass is 16.2. The van der Waals surface area contributed by atoms with Crippen molar-refractivity contribution < 1.29 is 4.79 Å². The van der Waals surface area contributed by atoms with E-state index in [2.05, 4.69) is 54.2 Å². The fourth-order valence-corrected chi connectivity index (χ4v) is 5.35. The Morgan fingerprint density at radius 1 is 1.12 bits per heavy atom. The summed E-state index contributed by atoms with van der Waals surface area (Å²) in [5, 5.41) is 9.04. The standard InChI is InChI=1S/C29H32N4O/c1-3-28-31-18-27(32-28)26-16-24(19(2)15-25(26)23-5-4-6-23)29(34)33-13-11-22(12-14-33)21-9-7-20(17-30)8-10-21/h7-10,15-16,18,22-23H,3-6,11-14H2,1-2H3,(H,31,32). The Morgan fingerprint density at radius 3 is 2.44 bits per heavy atom. The Kier molecular flexibility index (Phi) is 6.24. The van der Waals surface area contributed by atoms with Crippen LogP contribution >= 0.6 is 0 Å². The third-order valence-electron chi connectivity index (χ3n) is 7.72. The number of amides is 1. The number of likely N-dealkylation sites (tertiary alicyclic amines) is 1. The summed E-state index contributed by atoms with van der Waals surface area (Å²) in [6.07, 6.45) is 8.40. The van der Waals surface area contributed by atoms with Gasteiger partial charge in [0.15, 0.2) is 0 Å². The van der Waals surface area contributed by atoms with Gasteiger partial charge in [-0.05, 0) is 79.3 Å². The zero-order valence-electron chi connectivity index (χ0n) is 20.1. The summed E-state index contributed by atoms with van der Waals surface area (Å²) in [4.78, 5) is 23.6. The van der Waals surface area contributed by atoms with Gasteiger partial charge >= 0.3 is 0 Å². The van der Waals surface area contributed by atoms with Gasteiger partial charge in [-0.15, -0.1) is 0 Å². The van der Waals surface area contributed by atoms with E-state index in [9.17, 15) is 4.79 Å². The molecule has 1 aliphatic heterocycles. The second-order valence-electron chi connectivity index (χ2n) is 9.78. The number of imidazole rings is 1. The van der Waals surface area contributed by atoms with Crippen LogP contribution in [0.4, 0.5) is 0 Å². The molecule has 1 aromatic heterocycles. The lowest BCUT2D eigenvalue weighted by atomic mass is 9.76. The van der Waals surface area contributed by atoms with Gasteiger partial charge in [-0.3, -0.25) is 4.79 Å². The lowest BCUT2D eigenvalue weighted by Crippen LogP contribution is -2.38. The van der Waals surface area contributed by atoms with E-state index in [1.54, 1.807) is 0 Å². The molecular formula is C29H32N4O. The third-order valence-corrected chi connectivity index (χ3v) is 7.72. The number of nitriles is 1. The molecule has 0 spiro atoms. The van der Waals surface area contributed by atoms with E-state index in [0.29, 0.717) is 17.4 Å². The maximum atomic E-state index is 13.6. The normalized spacial score (nSPS) is 16.8. The van der Waals surface area contributed by atoms with Crippen LogP contribution in [-0.4, -0.2) is 33.9 Å². The zero-order chi connectivity index (χ0) is 23.7. The van der Waals surface area contributed by atoms with Gasteiger partial charge in [0.1, 0.15) is 5.82 Å². The number of aromatic amines is 1. The molecule has 1 saturated carbocycles. The van der Waals surface area contributed by atoms with E-state index in [-0.39, 0.29) is 5.91 Å². The first-order valence-electron chi connectivity index (χ1n) is 12.6. The zero-order valence-corrected chi connectivity index (χ0v) is 20.1. The Morgan fingerprint density at radius 2 is 1.85 bits per heavy atom. The number of aryl methyl sites for hydroxylation is 2. The minimum absolute atomic E-state index is 0.132. The molecular weight excluding hydrogens is 420 g/mol. The molecule has 5 heteroatoms. The molecule has 1 saturated heterocycles. The maximum absolute atomic E-state index is 13.6. The van der Waals surface area contributed by atoms with Gasteiger partial charge in [-0.2, -0.15) is 5.26 Å². The van der Waals surface area contributed by atoms with Gasteiger partial charge < -0.3 is 9.88 Å². The maximum Gasteiger partial charge on any atom is 0.254 e. The summed E-state index contributed by atoms with van der Waals surface area (Å²) in [7, 11) is 0. The van der Waals surface area contributed by atoms with Crippen molar-refractivity contribution in [2.75, 3.05) is 13.1 Å². The largest absolute Gasteiger partial charge is 0.342 e. The first-order valence-corrected chi connectivity index (χ1v) is 12.6. The van der Waals surface area contributed by atoms with Gasteiger partial charge in [0, 0.05) is 30.6 Å². The van der Waals surface area contributed by atoms with Crippen LogP contribution in [0.5, 0.6) is 0 Å². The topological polar surface area (TPSA) is 72.8 Å². The van der Waals surface area contributed by atoms with Gasteiger partial charge in [0.25, 0.3) is 5.91 Å². The van der Waals surface area contributed by atoms with E-state index in [1.807, 2.05) is 23.2 Å². The quantitative estimate of drug-likeness (QED) is 0.508. The minimum atomic E-state index is 0.132. The molecule has 174 valence electrons. The number of piperidine rings is 1. The van der Waals surface area contributed by atoms with Crippen molar-refractivity contribution in [1.29, 1.82) is 5.26 Å². The Bertz CT molecular complexity index is 1220. The van der Waals surface area contributed by atoms with Crippen molar-refractivity contribution >= 4 is 5.91 Å². The summed E-state index contributed by atoms with van der Waals surface area (Å²) in [6, 6.07) is 14.5. The van der Waals surface area contributed by atoms with Crippen molar-refractivity contribution in [1.82, 2.24) is 14.9 Å². The average Bonchev–Trinajstić information content (AvgIpc) is 3.32. The first kappa shape index (κ1) is 22.4. The molecule has 0 unspecified atom stereocenters. The van der Waals surface area contributed by atoms with Crippen molar-refractivity contribution in [2.45, 2.75) is 64.2 Å². The van der Waals surface area contributed by atoms with Crippen LogP contribution in [0.25, 0.3) is 11.3 Å². The molecule has 5 nitrogen and oxygen atoms in total. The van der Waals surface area contributed by atoms with E-state index in [0.717, 1.165) is 60.6 Å². The number of H-pyrrole nitrogens is 1. The SMILES string of the molecule is CCc1ncc(-c2cc(C(=O)N3CCC(c4ccc(C#N)cc4)CC3)c(C)cc2C2CCC2)[nH]1. The fraction of sp³-hybridized carbons (Fsp3) is 0.414. The number of rotatable bonds is 5. The number of carbonyl (C=O) groups excluding carboxylic acids is 1. The molecule has 2 heterocycles. The highest BCUT2D eigenvalue weighted by molar-refractivity contribution is 5.97. The fourth-order valence-electron chi connectivity index (χ4n) is 5.35. The molecule has 34 heavy (non-hydrogen) atoms. The van der Waals surface area contributed by atoms with Crippen molar-refractivity contribution in [2.24, 2.45) is 0 Å². The van der Waals surface area contributed by atoms with Crippen LogP contribution < -0.4 is 0 Å². The van der Waals surface area contributed by atoms with Crippen molar-refractivity contribution in [3.63, 3.8) is 0 Å². The summed E-state index contributed by atoms with van der Waals surface area (Å²) in [5.41, 5.74) is 7.34. The predicted molar refractivity (Wildman–Crippen MR) is 134 cm³/mol. The van der Waals surface area contributed by atoms with Crippen molar-refractivity contribution in [3.8, 4) is 17.3 Å². The monoisotopic (exact) mass is 452 g/mol. The molecule has 0 atom stereocenters. The number of benzene rings is 2. The second-order valence-corrected chi connectivity index (χ2v) is 9.78.